The van der Waals surface area contributed by atoms with Crippen LogP contribution in [0.15, 0.2) is 36.4 Å². The van der Waals surface area contributed by atoms with E-state index in [1.807, 2.05) is 6.07 Å². The number of hydrogen-bond acceptors (Lipinski definition) is 3. The van der Waals surface area contributed by atoms with Crippen molar-refractivity contribution in [3.05, 3.63) is 56.7 Å². The van der Waals surface area contributed by atoms with Gasteiger partial charge < -0.3 is 0 Å². The van der Waals surface area contributed by atoms with Crippen molar-refractivity contribution in [2.24, 2.45) is 11.8 Å². The zero-order valence-corrected chi connectivity index (χ0v) is 11.5. The van der Waals surface area contributed by atoms with Gasteiger partial charge >= 0.3 is 0 Å². The SMILES string of the molecule is NNC(c1ccc(Cl)s1)C1Cc2ccccc2C1. The van der Waals surface area contributed by atoms with Gasteiger partial charge in [0.05, 0.1) is 10.4 Å². The van der Waals surface area contributed by atoms with Crippen molar-refractivity contribution in [3.8, 4) is 0 Å². The summed E-state index contributed by atoms with van der Waals surface area (Å²) in [5.74, 6) is 6.26. The fourth-order valence-corrected chi connectivity index (χ4v) is 3.99. The molecule has 1 aliphatic carbocycles. The monoisotopic (exact) mass is 278 g/mol. The third-order valence-corrected chi connectivity index (χ3v) is 4.95. The zero-order valence-electron chi connectivity index (χ0n) is 9.90. The van der Waals surface area contributed by atoms with E-state index in [2.05, 4.69) is 35.8 Å². The van der Waals surface area contributed by atoms with Gasteiger partial charge in [-0.2, -0.15) is 0 Å². The maximum atomic E-state index is 6.01. The van der Waals surface area contributed by atoms with E-state index in [4.69, 9.17) is 17.4 Å². The minimum atomic E-state index is 0.190. The van der Waals surface area contributed by atoms with Crippen LogP contribution in [-0.2, 0) is 12.8 Å². The van der Waals surface area contributed by atoms with Gasteiger partial charge in [0.1, 0.15) is 0 Å². The second kappa shape index (κ2) is 5.02. The zero-order chi connectivity index (χ0) is 12.5. The largest absolute Gasteiger partial charge is 0.271 e. The van der Waals surface area contributed by atoms with Crippen molar-refractivity contribution < 1.29 is 0 Å². The molecule has 1 unspecified atom stereocenters. The van der Waals surface area contributed by atoms with Gasteiger partial charge in [-0.1, -0.05) is 35.9 Å². The quantitative estimate of drug-likeness (QED) is 0.668. The first-order chi connectivity index (χ1) is 8.78. The summed E-state index contributed by atoms with van der Waals surface area (Å²) in [6.07, 6.45) is 2.17. The molecule has 3 N–H and O–H groups in total. The lowest BCUT2D eigenvalue weighted by Crippen LogP contribution is -2.33. The molecular weight excluding hydrogens is 264 g/mol. The summed E-state index contributed by atoms with van der Waals surface area (Å²) in [4.78, 5) is 1.22. The predicted molar refractivity (Wildman–Crippen MR) is 76.7 cm³/mol. The lowest BCUT2D eigenvalue weighted by atomic mass is 9.96. The average Bonchev–Trinajstić information content (AvgIpc) is 2.96. The molecule has 3 rings (SSSR count). The molecule has 0 saturated heterocycles. The fraction of sp³-hybridized carbons (Fsp3) is 0.286. The van der Waals surface area contributed by atoms with Crippen molar-refractivity contribution in [2.75, 3.05) is 0 Å². The fourth-order valence-electron chi connectivity index (χ4n) is 2.77. The van der Waals surface area contributed by atoms with Gasteiger partial charge in [-0.05, 0) is 42.0 Å². The molecule has 0 bridgehead atoms. The number of nitrogens with one attached hydrogen (secondary N) is 1. The van der Waals surface area contributed by atoms with E-state index in [0.29, 0.717) is 5.92 Å². The molecular formula is C14H15ClN2S. The van der Waals surface area contributed by atoms with E-state index in [-0.39, 0.29) is 6.04 Å². The lowest BCUT2D eigenvalue weighted by molar-refractivity contribution is 0.385. The highest BCUT2D eigenvalue weighted by atomic mass is 35.5. The van der Waals surface area contributed by atoms with Crippen LogP contribution in [0.25, 0.3) is 0 Å². The molecule has 18 heavy (non-hydrogen) atoms. The molecule has 0 spiro atoms. The summed E-state index contributed by atoms with van der Waals surface area (Å²) in [7, 11) is 0. The van der Waals surface area contributed by atoms with Crippen molar-refractivity contribution in [2.45, 2.75) is 18.9 Å². The number of rotatable bonds is 3. The molecule has 1 aliphatic rings. The third kappa shape index (κ3) is 2.19. The molecule has 1 aromatic carbocycles. The number of hydrazine groups is 1. The molecule has 0 aliphatic heterocycles. The van der Waals surface area contributed by atoms with Crippen LogP contribution in [-0.4, -0.2) is 0 Å². The molecule has 94 valence electrons. The third-order valence-electron chi connectivity index (χ3n) is 3.63. The van der Waals surface area contributed by atoms with Crippen LogP contribution in [0.3, 0.4) is 0 Å². The van der Waals surface area contributed by atoms with Crippen LogP contribution < -0.4 is 11.3 Å². The molecule has 0 amide bonds. The number of fused-ring (bicyclic) bond motifs is 1. The molecule has 1 heterocycles. The van der Waals surface area contributed by atoms with Crippen LogP contribution in [0.2, 0.25) is 4.34 Å². The highest BCUT2D eigenvalue weighted by Crippen LogP contribution is 2.38. The van der Waals surface area contributed by atoms with Crippen LogP contribution in [0.4, 0.5) is 0 Å². The second-order valence-corrected chi connectivity index (χ2v) is 6.47. The number of thiophene rings is 1. The molecule has 2 nitrogen and oxygen atoms in total. The van der Waals surface area contributed by atoms with Crippen LogP contribution in [0, 0.1) is 5.92 Å². The molecule has 0 saturated carbocycles. The van der Waals surface area contributed by atoms with E-state index < -0.39 is 0 Å². The second-order valence-electron chi connectivity index (χ2n) is 4.72. The molecule has 0 radical (unpaired) electrons. The van der Waals surface area contributed by atoms with Gasteiger partial charge in [-0.25, -0.2) is 0 Å². The van der Waals surface area contributed by atoms with Gasteiger partial charge in [0, 0.05) is 4.88 Å². The summed E-state index contributed by atoms with van der Waals surface area (Å²) < 4.78 is 0.820. The first-order valence-electron chi connectivity index (χ1n) is 6.06. The average molecular weight is 279 g/mol. The number of halogens is 1. The lowest BCUT2D eigenvalue weighted by Gasteiger charge is -2.21. The molecule has 4 heteroatoms. The van der Waals surface area contributed by atoms with Crippen molar-refractivity contribution in [1.82, 2.24) is 5.43 Å². The standard InChI is InChI=1S/C14H15ClN2S/c15-13-6-5-12(18-13)14(17-16)11-7-9-3-1-2-4-10(9)8-11/h1-6,11,14,17H,7-8,16H2. The van der Waals surface area contributed by atoms with Crippen LogP contribution >= 0.6 is 22.9 Å². The predicted octanol–water partition coefficient (Wildman–Crippen LogP) is 3.32. The normalized spacial score (nSPS) is 16.8. The summed E-state index contributed by atoms with van der Waals surface area (Å²) in [5, 5.41) is 0. The summed E-state index contributed by atoms with van der Waals surface area (Å²) in [6.45, 7) is 0. The molecule has 1 atom stereocenters. The smallest absolute Gasteiger partial charge is 0.0931 e. The van der Waals surface area contributed by atoms with Gasteiger partial charge in [-0.3, -0.25) is 11.3 Å². The minimum absolute atomic E-state index is 0.190. The highest BCUT2D eigenvalue weighted by molar-refractivity contribution is 7.16. The van der Waals surface area contributed by atoms with E-state index in [1.54, 1.807) is 11.3 Å². The number of hydrogen-bond donors (Lipinski definition) is 2. The Balaban J connectivity index is 1.83. The Kier molecular flexibility index (Phi) is 3.39. The Bertz CT molecular complexity index is 527. The molecule has 2 aromatic rings. The number of benzene rings is 1. The van der Waals surface area contributed by atoms with Crippen LogP contribution in [0.5, 0.6) is 0 Å². The first-order valence-corrected chi connectivity index (χ1v) is 7.25. The minimum Gasteiger partial charge on any atom is -0.271 e. The van der Waals surface area contributed by atoms with E-state index in [1.165, 1.54) is 16.0 Å². The maximum Gasteiger partial charge on any atom is 0.0931 e. The summed E-state index contributed by atoms with van der Waals surface area (Å²) in [5.41, 5.74) is 5.86. The Morgan fingerprint density at radius 1 is 1.17 bits per heavy atom. The highest BCUT2D eigenvalue weighted by Gasteiger charge is 2.29. The van der Waals surface area contributed by atoms with Gasteiger partial charge in [-0.15, -0.1) is 11.3 Å². The van der Waals surface area contributed by atoms with E-state index in [9.17, 15) is 0 Å². The van der Waals surface area contributed by atoms with Gasteiger partial charge in [0.15, 0.2) is 0 Å². The maximum absolute atomic E-state index is 6.01. The Labute approximate surface area is 116 Å². The van der Waals surface area contributed by atoms with E-state index >= 15 is 0 Å². The molecule has 0 fully saturated rings. The first kappa shape index (κ1) is 12.2. The summed E-state index contributed by atoms with van der Waals surface area (Å²) >= 11 is 7.62. The Hall–Kier alpha value is -0.870. The van der Waals surface area contributed by atoms with E-state index in [0.717, 1.165) is 17.2 Å². The summed E-state index contributed by atoms with van der Waals surface area (Å²) in [6, 6.07) is 12.8. The van der Waals surface area contributed by atoms with Crippen molar-refractivity contribution >= 4 is 22.9 Å². The Morgan fingerprint density at radius 2 is 1.83 bits per heavy atom. The van der Waals surface area contributed by atoms with Crippen molar-refractivity contribution in [3.63, 3.8) is 0 Å². The number of nitrogens with two attached hydrogens (primary N) is 1. The topological polar surface area (TPSA) is 38.0 Å². The van der Waals surface area contributed by atoms with Gasteiger partial charge in [0.2, 0.25) is 0 Å². The van der Waals surface area contributed by atoms with Crippen LogP contribution in [0.1, 0.15) is 22.0 Å². The molecule has 1 aromatic heterocycles. The Morgan fingerprint density at radius 3 is 2.33 bits per heavy atom. The van der Waals surface area contributed by atoms with Crippen molar-refractivity contribution in [1.29, 1.82) is 0 Å². The van der Waals surface area contributed by atoms with Gasteiger partial charge in [0.25, 0.3) is 0 Å².